The van der Waals surface area contributed by atoms with Gasteiger partial charge in [0.25, 0.3) is 0 Å². The van der Waals surface area contributed by atoms with Gasteiger partial charge in [-0.2, -0.15) is 0 Å². The summed E-state index contributed by atoms with van der Waals surface area (Å²) in [6.07, 6.45) is 16.0. The lowest BCUT2D eigenvalue weighted by molar-refractivity contribution is -0.137. The van der Waals surface area contributed by atoms with E-state index in [0.717, 1.165) is 19.3 Å². The van der Waals surface area contributed by atoms with Crippen molar-refractivity contribution in [1.29, 1.82) is 0 Å². The van der Waals surface area contributed by atoms with Crippen LogP contribution in [0, 0.1) is 11.8 Å². The highest BCUT2D eigenvalue weighted by Crippen LogP contribution is 2.35. The van der Waals surface area contributed by atoms with E-state index >= 15 is 0 Å². The molecule has 1 aromatic carbocycles. The first kappa shape index (κ1) is 20.2. The van der Waals surface area contributed by atoms with Crippen LogP contribution < -0.4 is 0 Å². The topological polar surface area (TPSA) is 54.4 Å². The van der Waals surface area contributed by atoms with Gasteiger partial charge in [-0.15, -0.1) is 0 Å². The number of allylic oxidation sites excluding steroid dienone is 4. The summed E-state index contributed by atoms with van der Waals surface area (Å²) in [6, 6.07) is 10.1. The van der Waals surface area contributed by atoms with Gasteiger partial charge >= 0.3 is 5.97 Å². The van der Waals surface area contributed by atoms with Crippen molar-refractivity contribution in [3.63, 3.8) is 0 Å². The molecule has 2 unspecified atom stereocenters. The summed E-state index contributed by atoms with van der Waals surface area (Å²) < 4.78 is 0. The number of hydrogen-bond donors (Lipinski definition) is 1. The molecule has 26 heavy (non-hydrogen) atoms. The lowest BCUT2D eigenvalue weighted by atomic mass is 9.91. The Morgan fingerprint density at radius 1 is 1.08 bits per heavy atom. The summed E-state index contributed by atoms with van der Waals surface area (Å²) in [5.74, 6) is 0.600. The van der Waals surface area contributed by atoms with E-state index in [0.29, 0.717) is 24.7 Å². The normalized spacial score (nSPS) is 20.2. The first-order valence-electron chi connectivity index (χ1n) is 9.77. The lowest BCUT2D eigenvalue weighted by Gasteiger charge is -2.13. The average molecular weight is 354 g/mol. The molecule has 1 fully saturated rings. The predicted molar refractivity (Wildman–Crippen MR) is 105 cm³/mol. The van der Waals surface area contributed by atoms with Gasteiger partial charge in [-0.1, -0.05) is 55.0 Å². The highest BCUT2D eigenvalue weighted by Gasteiger charge is 2.24. The van der Waals surface area contributed by atoms with E-state index in [1.165, 1.54) is 24.8 Å². The van der Waals surface area contributed by atoms with Gasteiger partial charge < -0.3 is 5.11 Å². The second-order valence-corrected chi connectivity index (χ2v) is 7.16. The number of benzene rings is 1. The van der Waals surface area contributed by atoms with Gasteiger partial charge in [0.1, 0.15) is 0 Å². The maximum Gasteiger partial charge on any atom is 0.303 e. The molecule has 1 aromatic rings. The van der Waals surface area contributed by atoms with Crippen LogP contribution in [-0.2, 0) is 16.0 Å². The average Bonchev–Trinajstić information content (AvgIpc) is 3.09. The van der Waals surface area contributed by atoms with Gasteiger partial charge in [-0.25, -0.2) is 0 Å². The van der Waals surface area contributed by atoms with Crippen LogP contribution in [0.2, 0.25) is 0 Å². The van der Waals surface area contributed by atoms with E-state index < -0.39 is 5.97 Å². The number of carboxylic acid groups (broad SMARTS) is 1. The van der Waals surface area contributed by atoms with Crippen LogP contribution in [0.5, 0.6) is 0 Å². The molecule has 3 nitrogen and oxygen atoms in total. The monoisotopic (exact) mass is 354 g/mol. The number of rotatable bonds is 11. The molecule has 1 saturated carbocycles. The van der Waals surface area contributed by atoms with E-state index in [1.54, 1.807) is 6.08 Å². The smallest absolute Gasteiger partial charge is 0.303 e. The standard InChI is InChI=1S/C23H30O3/c24-22(17-15-19-9-4-3-5-10-19)18-16-21-13-8-12-20(21)11-6-1-2-7-14-23(25)26/h1,3-6,9-10,16,18,20-21H,2,7-8,11-15,17H2,(H,25,26). The van der Waals surface area contributed by atoms with Crippen LogP contribution >= 0.6 is 0 Å². The minimum absolute atomic E-state index is 0.212. The summed E-state index contributed by atoms with van der Waals surface area (Å²) in [4.78, 5) is 22.6. The Bertz CT molecular complexity index is 616. The van der Waals surface area contributed by atoms with Crippen molar-refractivity contribution in [2.75, 3.05) is 0 Å². The lowest BCUT2D eigenvalue weighted by Crippen LogP contribution is -2.05. The minimum atomic E-state index is -0.726. The molecule has 0 bridgehead atoms. The summed E-state index contributed by atoms with van der Waals surface area (Å²) in [5, 5.41) is 8.62. The van der Waals surface area contributed by atoms with Crippen LogP contribution in [0.4, 0.5) is 0 Å². The molecule has 2 atom stereocenters. The molecule has 0 amide bonds. The van der Waals surface area contributed by atoms with E-state index in [1.807, 2.05) is 18.2 Å². The molecule has 0 spiro atoms. The molecule has 0 heterocycles. The van der Waals surface area contributed by atoms with Crippen LogP contribution in [0.15, 0.2) is 54.6 Å². The second-order valence-electron chi connectivity index (χ2n) is 7.16. The maximum absolute atomic E-state index is 12.1. The number of hydrogen-bond acceptors (Lipinski definition) is 2. The van der Waals surface area contributed by atoms with Crippen LogP contribution in [0.25, 0.3) is 0 Å². The molecule has 0 aromatic heterocycles. The van der Waals surface area contributed by atoms with Crippen LogP contribution in [-0.4, -0.2) is 16.9 Å². The van der Waals surface area contributed by atoms with Crippen molar-refractivity contribution in [3.05, 3.63) is 60.2 Å². The molecule has 3 heteroatoms. The van der Waals surface area contributed by atoms with Crippen molar-refractivity contribution in [3.8, 4) is 0 Å². The van der Waals surface area contributed by atoms with Crippen molar-refractivity contribution in [1.82, 2.24) is 0 Å². The van der Waals surface area contributed by atoms with Gasteiger partial charge in [0, 0.05) is 12.8 Å². The first-order chi connectivity index (χ1) is 12.6. The zero-order valence-corrected chi connectivity index (χ0v) is 15.5. The summed E-state index contributed by atoms with van der Waals surface area (Å²) in [5.41, 5.74) is 1.21. The minimum Gasteiger partial charge on any atom is -0.481 e. The molecule has 1 aliphatic rings. The van der Waals surface area contributed by atoms with Crippen molar-refractivity contribution in [2.24, 2.45) is 11.8 Å². The number of ketones is 1. The fourth-order valence-electron chi connectivity index (χ4n) is 3.60. The van der Waals surface area contributed by atoms with Gasteiger partial charge in [0.15, 0.2) is 5.78 Å². The molecule has 0 saturated heterocycles. The Labute approximate surface area is 156 Å². The third-order valence-corrected chi connectivity index (χ3v) is 5.12. The fraction of sp³-hybridized carbons (Fsp3) is 0.478. The molecular formula is C23H30O3. The van der Waals surface area contributed by atoms with Gasteiger partial charge in [-0.05, 0) is 62.0 Å². The van der Waals surface area contributed by atoms with Crippen molar-refractivity contribution < 1.29 is 14.7 Å². The Kier molecular flexibility index (Phi) is 8.88. The highest BCUT2D eigenvalue weighted by atomic mass is 16.4. The Morgan fingerprint density at radius 3 is 2.65 bits per heavy atom. The Hall–Kier alpha value is -2.16. The summed E-state index contributed by atoms with van der Waals surface area (Å²) in [6.45, 7) is 0. The van der Waals surface area contributed by atoms with Gasteiger partial charge in [0.2, 0.25) is 0 Å². The third-order valence-electron chi connectivity index (χ3n) is 5.12. The SMILES string of the molecule is O=C(O)CCCC=CCC1CCCC1C=CC(=O)CCc1ccccc1. The zero-order valence-electron chi connectivity index (χ0n) is 15.5. The fourth-order valence-corrected chi connectivity index (χ4v) is 3.60. The van der Waals surface area contributed by atoms with Gasteiger partial charge in [0.05, 0.1) is 0 Å². The molecule has 1 aliphatic carbocycles. The third kappa shape index (κ3) is 7.81. The molecular weight excluding hydrogens is 324 g/mol. The number of carboxylic acids is 1. The van der Waals surface area contributed by atoms with Crippen LogP contribution in [0.3, 0.4) is 0 Å². The number of carbonyl (C=O) groups is 2. The predicted octanol–water partition coefficient (Wildman–Crippen LogP) is 5.36. The van der Waals surface area contributed by atoms with E-state index in [-0.39, 0.29) is 12.2 Å². The molecule has 2 rings (SSSR count). The number of carbonyl (C=O) groups excluding carboxylic acids is 1. The molecule has 0 aliphatic heterocycles. The number of aryl methyl sites for hydroxylation is 1. The maximum atomic E-state index is 12.1. The Balaban J connectivity index is 1.69. The highest BCUT2D eigenvalue weighted by molar-refractivity contribution is 5.89. The largest absolute Gasteiger partial charge is 0.481 e. The molecule has 140 valence electrons. The molecule has 1 N–H and O–H groups in total. The van der Waals surface area contributed by atoms with E-state index in [4.69, 9.17) is 5.11 Å². The first-order valence-corrected chi connectivity index (χ1v) is 9.77. The summed E-state index contributed by atoms with van der Waals surface area (Å²) in [7, 11) is 0. The summed E-state index contributed by atoms with van der Waals surface area (Å²) >= 11 is 0. The number of aliphatic carboxylic acids is 1. The zero-order chi connectivity index (χ0) is 18.6. The van der Waals surface area contributed by atoms with Crippen molar-refractivity contribution in [2.45, 2.75) is 57.8 Å². The van der Waals surface area contributed by atoms with Gasteiger partial charge in [-0.3, -0.25) is 9.59 Å². The second kappa shape index (κ2) is 11.5. The number of unbranched alkanes of at least 4 members (excludes halogenated alkanes) is 1. The Morgan fingerprint density at radius 2 is 1.88 bits per heavy atom. The molecule has 0 radical (unpaired) electrons. The van der Waals surface area contributed by atoms with Crippen molar-refractivity contribution >= 4 is 11.8 Å². The van der Waals surface area contributed by atoms with E-state index in [2.05, 4.69) is 30.4 Å². The quantitative estimate of drug-likeness (QED) is 0.330. The van der Waals surface area contributed by atoms with E-state index in [9.17, 15) is 9.59 Å². The van der Waals surface area contributed by atoms with Crippen LogP contribution in [0.1, 0.15) is 56.9 Å².